The fourth-order valence-electron chi connectivity index (χ4n) is 2.95. The Hall–Kier alpha value is -1.10. The Bertz CT molecular complexity index is 342. The Kier molecular flexibility index (Phi) is 2.89. The van der Waals surface area contributed by atoms with Gasteiger partial charge >= 0.3 is 5.97 Å². The third-order valence-electron chi connectivity index (χ3n) is 4.01. The number of nitrogens with zero attached hydrogens (tertiary/aromatic N) is 2. The number of likely N-dealkylation sites (tertiary alicyclic amines) is 1. The second kappa shape index (κ2) is 3.98. The van der Waals surface area contributed by atoms with E-state index in [9.17, 15) is 14.7 Å². The maximum atomic E-state index is 11.8. The Balaban J connectivity index is 2.33. The highest BCUT2D eigenvalue weighted by Crippen LogP contribution is 2.39. The number of likely N-dealkylation sites (N-methyl/N-ethyl adjacent to an activating group) is 1. The van der Waals surface area contributed by atoms with Gasteiger partial charge in [-0.05, 0) is 33.2 Å². The lowest BCUT2D eigenvalue weighted by molar-refractivity contribution is -0.158. The van der Waals surface area contributed by atoms with E-state index in [0.717, 1.165) is 12.8 Å². The lowest BCUT2D eigenvalue weighted by Gasteiger charge is -2.37. The van der Waals surface area contributed by atoms with E-state index in [4.69, 9.17) is 0 Å². The van der Waals surface area contributed by atoms with E-state index >= 15 is 0 Å². The summed E-state index contributed by atoms with van der Waals surface area (Å²) < 4.78 is 0. The first-order valence-electron chi connectivity index (χ1n) is 6.12. The molecule has 1 aliphatic carbocycles. The molecule has 1 N–H and O–H groups in total. The van der Waals surface area contributed by atoms with Crippen LogP contribution in [0.3, 0.4) is 0 Å². The van der Waals surface area contributed by atoms with E-state index < -0.39 is 11.5 Å². The Morgan fingerprint density at radius 1 is 1.41 bits per heavy atom. The van der Waals surface area contributed by atoms with Crippen LogP contribution in [0.1, 0.15) is 33.1 Å². The van der Waals surface area contributed by atoms with Crippen molar-refractivity contribution in [1.82, 2.24) is 9.80 Å². The predicted octanol–water partition coefficient (Wildman–Crippen LogP) is 0.545. The summed E-state index contributed by atoms with van der Waals surface area (Å²) in [5, 5.41) is 9.57. The normalized spacial score (nSPS) is 33.7. The molecule has 1 amide bonds. The van der Waals surface area contributed by atoms with Crippen molar-refractivity contribution in [2.45, 2.75) is 50.7 Å². The van der Waals surface area contributed by atoms with Gasteiger partial charge in [-0.2, -0.15) is 0 Å². The molecule has 1 saturated carbocycles. The fourth-order valence-corrected chi connectivity index (χ4v) is 2.95. The highest BCUT2D eigenvalue weighted by atomic mass is 16.4. The molecule has 5 heteroatoms. The lowest BCUT2D eigenvalue weighted by Crippen LogP contribution is -2.59. The molecule has 0 bridgehead atoms. The molecule has 0 aromatic rings. The maximum Gasteiger partial charge on any atom is 0.331 e. The minimum Gasteiger partial charge on any atom is -0.479 e. The zero-order chi connectivity index (χ0) is 12.8. The molecule has 1 saturated heterocycles. The second-order valence-corrected chi connectivity index (χ2v) is 5.43. The molecule has 1 heterocycles. The fraction of sp³-hybridized carbons (Fsp3) is 0.833. The summed E-state index contributed by atoms with van der Waals surface area (Å²) in [4.78, 5) is 27.1. The number of rotatable bonds is 3. The van der Waals surface area contributed by atoms with Gasteiger partial charge in [-0.15, -0.1) is 0 Å². The molecule has 1 aliphatic heterocycles. The molecule has 2 aliphatic rings. The van der Waals surface area contributed by atoms with Crippen LogP contribution < -0.4 is 0 Å². The smallest absolute Gasteiger partial charge is 0.331 e. The summed E-state index contributed by atoms with van der Waals surface area (Å²) in [7, 11) is 1.92. The number of hydrogen-bond acceptors (Lipinski definition) is 3. The molecule has 2 rings (SSSR count). The first-order chi connectivity index (χ1) is 7.88. The number of carbonyl (C=O) groups excluding carboxylic acids is 1. The summed E-state index contributed by atoms with van der Waals surface area (Å²) in [5.41, 5.74) is -1.01. The van der Waals surface area contributed by atoms with Crippen molar-refractivity contribution in [2.24, 2.45) is 0 Å². The van der Waals surface area contributed by atoms with Crippen molar-refractivity contribution >= 4 is 11.9 Å². The van der Waals surface area contributed by atoms with Crippen LogP contribution >= 0.6 is 0 Å². The molecule has 2 fully saturated rings. The summed E-state index contributed by atoms with van der Waals surface area (Å²) in [6, 6.07) is 0.342. The zero-order valence-electron chi connectivity index (χ0n) is 10.6. The average Bonchev–Trinajstić information content (AvgIpc) is 2.95. The van der Waals surface area contributed by atoms with Crippen molar-refractivity contribution in [2.75, 3.05) is 13.6 Å². The molecule has 2 atom stereocenters. The van der Waals surface area contributed by atoms with E-state index in [0.29, 0.717) is 13.0 Å². The van der Waals surface area contributed by atoms with Crippen LogP contribution in [0.25, 0.3) is 0 Å². The van der Waals surface area contributed by atoms with Crippen LogP contribution in [0, 0.1) is 0 Å². The lowest BCUT2D eigenvalue weighted by atomic mass is 9.93. The van der Waals surface area contributed by atoms with Crippen molar-refractivity contribution < 1.29 is 14.7 Å². The van der Waals surface area contributed by atoms with Gasteiger partial charge in [0.05, 0.1) is 0 Å². The highest BCUT2D eigenvalue weighted by Gasteiger charge is 2.56. The Morgan fingerprint density at radius 3 is 2.29 bits per heavy atom. The van der Waals surface area contributed by atoms with E-state index in [-0.39, 0.29) is 18.0 Å². The summed E-state index contributed by atoms with van der Waals surface area (Å²) >= 11 is 0. The van der Waals surface area contributed by atoms with Gasteiger partial charge in [-0.1, -0.05) is 0 Å². The van der Waals surface area contributed by atoms with Crippen LogP contribution in [0.2, 0.25) is 0 Å². The van der Waals surface area contributed by atoms with Crippen LogP contribution in [0.15, 0.2) is 0 Å². The number of carbonyl (C=O) groups is 2. The number of aliphatic carboxylic acids is 1. The predicted molar refractivity (Wildman–Crippen MR) is 62.6 cm³/mol. The molecule has 0 spiro atoms. The van der Waals surface area contributed by atoms with E-state index in [1.807, 2.05) is 18.9 Å². The first-order valence-corrected chi connectivity index (χ1v) is 6.12. The molecule has 17 heavy (non-hydrogen) atoms. The zero-order valence-corrected chi connectivity index (χ0v) is 10.6. The molecular formula is C12H20N2O3. The quantitative estimate of drug-likeness (QED) is 0.782. The monoisotopic (exact) mass is 240 g/mol. The van der Waals surface area contributed by atoms with Crippen molar-refractivity contribution in [3.05, 3.63) is 0 Å². The van der Waals surface area contributed by atoms with Crippen molar-refractivity contribution in [3.8, 4) is 0 Å². The van der Waals surface area contributed by atoms with Crippen LogP contribution in [0.5, 0.6) is 0 Å². The number of hydrogen-bond donors (Lipinski definition) is 1. The standard InChI is InChI=1S/C12H20N2O3/c1-8-6-12(11(16)17,7-13(8)3)14(9(2)15)10-4-5-10/h8,10H,4-7H2,1-3H3,(H,16,17). The molecule has 0 aromatic heterocycles. The van der Waals surface area contributed by atoms with Crippen LogP contribution in [-0.4, -0.2) is 58.0 Å². The van der Waals surface area contributed by atoms with Gasteiger partial charge in [0.1, 0.15) is 0 Å². The van der Waals surface area contributed by atoms with Gasteiger partial charge in [0, 0.05) is 25.6 Å². The van der Waals surface area contributed by atoms with Gasteiger partial charge < -0.3 is 14.9 Å². The van der Waals surface area contributed by atoms with Gasteiger partial charge in [-0.3, -0.25) is 4.79 Å². The number of amides is 1. The summed E-state index contributed by atoms with van der Waals surface area (Å²) in [6.07, 6.45) is 2.40. The van der Waals surface area contributed by atoms with Gasteiger partial charge in [-0.25, -0.2) is 4.79 Å². The van der Waals surface area contributed by atoms with Crippen LogP contribution in [-0.2, 0) is 9.59 Å². The first kappa shape index (κ1) is 12.4. The van der Waals surface area contributed by atoms with Gasteiger partial charge in [0.15, 0.2) is 5.54 Å². The van der Waals surface area contributed by atoms with Crippen molar-refractivity contribution in [1.29, 1.82) is 0 Å². The average molecular weight is 240 g/mol. The molecule has 0 radical (unpaired) electrons. The van der Waals surface area contributed by atoms with Crippen molar-refractivity contribution in [3.63, 3.8) is 0 Å². The van der Waals surface area contributed by atoms with E-state index in [2.05, 4.69) is 0 Å². The third kappa shape index (κ3) is 1.92. The molecule has 0 aromatic carbocycles. The second-order valence-electron chi connectivity index (χ2n) is 5.43. The Labute approximate surface area is 101 Å². The SMILES string of the molecule is CC(=O)N(C1CC1)C1(C(=O)O)CC(C)N(C)C1. The third-order valence-corrected chi connectivity index (χ3v) is 4.01. The van der Waals surface area contributed by atoms with Gasteiger partial charge in [0.25, 0.3) is 0 Å². The Morgan fingerprint density at radius 2 is 2.00 bits per heavy atom. The molecule has 2 unspecified atom stereocenters. The molecular weight excluding hydrogens is 220 g/mol. The molecule has 96 valence electrons. The largest absolute Gasteiger partial charge is 0.479 e. The minimum absolute atomic E-state index is 0.114. The number of carboxylic acids is 1. The van der Waals surface area contributed by atoms with Crippen LogP contribution in [0.4, 0.5) is 0 Å². The van der Waals surface area contributed by atoms with E-state index in [1.165, 1.54) is 6.92 Å². The topological polar surface area (TPSA) is 60.9 Å². The summed E-state index contributed by atoms with van der Waals surface area (Å²) in [6.45, 7) is 3.92. The summed E-state index contributed by atoms with van der Waals surface area (Å²) in [5.74, 6) is -0.979. The van der Waals surface area contributed by atoms with Gasteiger partial charge in [0.2, 0.25) is 5.91 Å². The van der Waals surface area contributed by atoms with E-state index in [1.54, 1.807) is 4.90 Å². The maximum absolute atomic E-state index is 11.8. The number of carboxylic acid groups (broad SMARTS) is 1. The minimum atomic E-state index is -1.01. The highest BCUT2D eigenvalue weighted by molar-refractivity contribution is 5.87. The molecule has 5 nitrogen and oxygen atoms in total.